The van der Waals surface area contributed by atoms with Crippen molar-refractivity contribution in [2.45, 2.75) is 20.0 Å². The van der Waals surface area contributed by atoms with Crippen molar-refractivity contribution >= 4 is 64.7 Å². The number of para-hydroxylation sites is 4. The summed E-state index contributed by atoms with van der Waals surface area (Å²) in [7, 11) is -1.87. The standard InChI is InChI=1S/C33H27BN2Si/c1-22-20-25-24-14-11-19-31-33(24)36(28-17-9-10-18-30(28)37(31,2)3)34-26-15-7-8-16-27(26)35(29(21-22)32(25)34)23-12-5-4-6-13-23/h4-21H,1-3H3. The largest absolute Gasteiger partial charge is 0.377 e. The predicted molar refractivity (Wildman–Crippen MR) is 162 cm³/mol. The van der Waals surface area contributed by atoms with E-state index in [1.807, 2.05) is 0 Å². The summed E-state index contributed by atoms with van der Waals surface area (Å²) in [5, 5.41) is 3.07. The van der Waals surface area contributed by atoms with E-state index in [9.17, 15) is 0 Å². The molecular weight excluding hydrogens is 463 g/mol. The van der Waals surface area contributed by atoms with E-state index in [2.05, 4.69) is 139 Å². The van der Waals surface area contributed by atoms with Crippen LogP contribution in [-0.4, -0.2) is 14.9 Å². The quantitative estimate of drug-likeness (QED) is 0.273. The lowest BCUT2D eigenvalue weighted by molar-refractivity contribution is 1.26. The van der Waals surface area contributed by atoms with E-state index >= 15 is 0 Å². The van der Waals surface area contributed by atoms with Crippen LogP contribution in [0.25, 0.3) is 11.1 Å². The van der Waals surface area contributed by atoms with Crippen molar-refractivity contribution in [3.8, 4) is 11.1 Å². The minimum Gasteiger partial charge on any atom is -0.377 e. The summed E-state index contributed by atoms with van der Waals surface area (Å²) in [6.07, 6.45) is 0. The van der Waals surface area contributed by atoms with Crippen LogP contribution in [0.15, 0.2) is 109 Å². The molecule has 4 heteroatoms. The van der Waals surface area contributed by atoms with Crippen LogP contribution in [0.2, 0.25) is 13.1 Å². The van der Waals surface area contributed by atoms with Crippen LogP contribution in [0.5, 0.6) is 0 Å². The molecule has 0 spiro atoms. The van der Waals surface area contributed by atoms with E-state index < -0.39 is 8.07 Å². The van der Waals surface area contributed by atoms with Crippen molar-refractivity contribution in [3.63, 3.8) is 0 Å². The maximum Gasteiger partial charge on any atom is 0.333 e. The Morgan fingerprint density at radius 1 is 0.622 bits per heavy atom. The van der Waals surface area contributed by atoms with Crippen molar-refractivity contribution in [1.82, 2.24) is 0 Å². The maximum absolute atomic E-state index is 2.68. The first-order valence-electron chi connectivity index (χ1n) is 13.2. The lowest BCUT2D eigenvalue weighted by Crippen LogP contribution is -2.68. The fraction of sp³-hybridized carbons (Fsp3) is 0.0909. The van der Waals surface area contributed by atoms with Crippen LogP contribution < -0.4 is 31.0 Å². The number of hydrogen-bond acceptors (Lipinski definition) is 2. The average Bonchev–Trinajstić information content (AvgIpc) is 2.92. The Morgan fingerprint density at radius 3 is 2.16 bits per heavy atom. The first-order valence-corrected chi connectivity index (χ1v) is 16.2. The van der Waals surface area contributed by atoms with Crippen LogP contribution in [0.3, 0.4) is 0 Å². The van der Waals surface area contributed by atoms with Gasteiger partial charge in [-0.3, -0.25) is 0 Å². The molecule has 0 N–H and O–H groups in total. The number of aryl methyl sites for hydroxylation is 1. The Bertz CT molecular complexity index is 1740. The van der Waals surface area contributed by atoms with Crippen LogP contribution in [0.4, 0.5) is 28.4 Å². The predicted octanol–water partition coefficient (Wildman–Crippen LogP) is 5.84. The van der Waals surface area contributed by atoms with Gasteiger partial charge in [-0.2, -0.15) is 0 Å². The number of benzene rings is 5. The summed E-state index contributed by atoms with van der Waals surface area (Å²) in [5.74, 6) is 0. The van der Waals surface area contributed by atoms with Crippen LogP contribution >= 0.6 is 0 Å². The molecule has 3 aliphatic heterocycles. The summed E-state index contributed by atoms with van der Waals surface area (Å²) < 4.78 is 0. The van der Waals surface area contributed by atoms with Gasteiger partial charge in [-0.05, 0) is 69.7 Å². The number of nitrogens with zero attached hydrogens (tertiary/aromatic N) is 2. The second-order valence-corrected chi connectivity index (χ2v) is 15.4. The van der Waals surface area contributed by atoms with Gasteiger partial charge in [0.05, 0.1) is 0 Å². The van der Waals surface area contributed by atoms with E-state index in [1.54, 1.807) is 5.19 Å². The number of hydrogen-bond donors (Lipinski definition) is 0. The second kappa shape index (κ2) is 7.27. The van der Waals surface area contributed by atoms with Crippen molar-refractivity contribution in [2.24, 2.45) is 0 Å². The minimum absolute atomic E-state index is 0.127. The Morgan fingerprint density at radius 2 is 1.32 bits per heavy atom. The third-order valence-electron chi connectivity index (χ3n) is 8.64. The zero-order valence-corrected chi connectivity index (χ0v) is 22.4. The molecule has 0 saturated heterocycles. The highest BCUT2D eigenvalue weighted by molar-refractivity contribution is 7.05. The highest BCUT2D eigenvalue weighted by Gasteiger charge is 2.50. The monoisotopic (exact) mass is 490 g/mol. The van der Waals surface area contributed by atoms with Gasteiger partial charge < -0.3 is 9.71 Å². The molecule has 0 saturated carbocycles. The average molecular weight is 490 g/mol. The molecule has 0 amide bonds. The summed E-state index contributed by atoms with van der Waals surface area (Å²) in [6.45, 7) is 7.40. The smallest absolute Gasteiger partial charge is 0.333 e. The Hall–Kier alpha value is -4.02. The van der Waals surface area contributed by atoms with Gasteiger partial charge >= 0.3 is 6.85 Å². The lowest BCUT2D eigenvalue weighted by Gasteiger charge is -2.50. The summed E-state index contributed by atoms with van der Waals surface area (Å²) in [6, 6.07) is 40.9. The molecule has 3 aliphatic rings. The van der Waals surface area contributed by atoms with E-state index in [0.29, 0.717) is 0 Å². The first-order chi connectivity index (χ1) is 18.1. The topological polar surface area (TPSA) is 6.48 Å². The SMILES string of the molecule is Cc1cc2c3c(c1)N(c1ccccc1)c1ccccc1B3N1c3ccccc3[Si](C)(C)c3cccc-2c31. The third kappa shape index (κ3) is 2.66. The third-order valence-corrected chi connectivity index (χ3v) is 12.2. The lowest BCUT2D eigenvalue weighted by atomic mass is 9.43. The zero-order chi connectivity index (χ0) is 24.9. The molecule has 0 radical (unpaired) electrons. The van der Waals surface area contributed by atoms with Gasteiger partial charge in [0.1, 0.15) is 8.07 Å². The highest BCUT2D eigenvalue weighted by Crippen LogP contribution is 2.47. The maximum atomic E-state index is 2.68. The molecule has 37 heavy (non-hydrogen) atoms. The van der Waals surface area contributed by atoms with Gasteiger partial charge in [-0.1, -0.05) is 92.0 Å². The van der Waals surface area contributed by atoms with Crippen LogP contribution in [0.1, 0.15) is 5.56 Å². The van der Waals surface area contributed by atoms with E-state index in [4.69, 9.17) is 0 Å². The highest BCUT2D eigenvalue weighted by atomic mass is 28.3. The van der Waals surface area contributed by atoms with Gasteiger partial charge in [0, 0.05) is 34.0 Å². The fourth-order valence-electron chi connectivity index (χ4n) is 7.08. The second-order valence-electron chi connectivity index (χ2n) is 11.1. The molecule has 0 atom stereocenters. The normalized spacial score (nSPS) is 15.5. The Labute approximate surface area is 219 Å². The van der Waals surface area contributed by atoms with E-state index in [1.165, 1.54) is 61.2 Å². The van der Waals surface area contributed by atoms with Crippen LogP contribution in [-0.2, 0) is 0 Å². The van der Waals surface area contributed by atoms with Gasteiger partial charge in [0.2, 0.25) is 0 Å². The van der Waals surface area contributed by atoms with Crippen molar-refractivity contribution in [2.75, 3.05) is 9.71 Å². The van der Waals surface area contributed by atoms with Crippen molar-refractivity contribution in [3.05, 3.63) is 115 Å². The molecule has 3 heterocycles. The van der Waals surface area contributed by atoms with Crippen molar-refractivity contribution in [1.29, 1.82) is 0 Å². The molecule has 176 valence electrons. The zero-order valence-electron chi connectivity index (χ0n) is 21.4. The van der Waals surface area contributed by atoms with Crippen LogP contribution in [0, 0.1) is 6.92 Å². The molecule has 0 aliphatic carbocycles. The summed E-state index contributed by atoms with van der Waals surface area (Å²) in [5.41, 5.74) is 13.4. The molecular formula is C33H27BN2Si. The van der Waals surface area contributed by atoms with Gasteiger partial charge in [-0.15, -0.1) is 0 Å². The molecule has 5 aromatic rings. The molecule has 5 aromatic carbocycles. The number of fused-ring (bicyclic) bond motifs is 6. The molecule has 8 rings (SSSR count). The number of anilines is 5. The van der Waals surface area contributed by atoms with Crippen molar-refractivity contribution < 1.29 is 0 Å². The summed E-state index contributed by atoms with van der Waals surface area (Å²) in [4.78, 5) is 5.15. The molecule has 0 aromatic heterocycles. The van der Waals surface area contributed by atoms with E-state index in [0.717, 1.165) is 0 Å². The summed E-state index contributed by atoms with van der Waals surface area (Å²) >= 11 is 0. The fourth-order valence-corrected chi connectivity index (χ4v) is 10.1. The first kappa shape index (κ1) is 21.1. The van der Waals surface area contributed by atoms with Gasteiger partial charge in [0.15, 0.2) is 0 Å². The molecule has 0 fully saturated rings. The van der Waals surface area contributed by atoms with Gasteiger partial charge in [0.25, 0.3) is 0 Å². The Balaban J connectivity index is 1.54. The molecule has 0 unspecified atom stereocenters. The van der Waals surface area contributed by atoms with Gasteiger partial charge in [-0.25, -0.2) is 0 Å². The molecule has 0 bridgehead atoms. The molecule has 2 nitrogen and oxygen atoms in total. The van der Waals surface area contributed by atoms with E-state index in [-0.39, 0.29) is 6.85 Å². The Kier molecular flexibility index (Phi) is 4.15. The number of rotatable bonds is 1. The minimum atomic E-state index is -1.87.